The number of nitrogens with one attached hydrogen (secondary N) is 1. The summed E-state index contributed by atoms with van der Waals surface area (Å²) < 4.78 is 13.0. The van der Waals surface area contributed by atoms with Crippen molar-refractivity contribution in [2.45, 2.75) is 26.2 Å². The van der Waals surface area contributed by atoms with Gasteiger partial charge in [-0.2, -0.15) is 0 Å². The topological polar surface area (TPSA) is 53.1 Å². The summed E-state index contributed by atoms with van der Waals surface area (Å²) in [6.45, 7) is 2.02. The predicted molar refractivity (Wildman–Crippen MR) is 64.8 cm³/mol. The standard InChI is InChI=1S/C13H14FNO2/c1-2-3-4-10-12(16)9-6-5-8(14)7-11(9)15-13(10)17/h5-7H,2-4H2,1H3,(H2,15,16,17). The van der Waals surface area contributed by atoms with Crippen LogP contribution in [0, 0.1) is 5.82 Å². The van der Waals surface area contributed by atoms with E-state index in [-0.39, 0.29) is 11.3 Å². The van der Waals surface area contributed by atoms with Gasteiger partial charge in [0, 0.05) is 5.39 Å². The maximum absolute atomic E-state index is 13.0. The molecule has 90 valence electrons. The fraction of sp³-hybridized carbons (Fsp3) is 0.308. The van der Waals surface area contributed by atoms with Gasteiger partial charge in [-0.05, 0) is 31.0 Å². The van der Waals surface area contributed by atoms with Gasteiger partial charge in [0.05, 0.1) is 11.1 Å². The summed E-state index contributed by atoms with van der Waals surface area (Å²) in [5.74, 6) is -0.467. The first-order chi connectivity index (χ1) is 8.13. The predicted octanol–water partition coefficient (Wildman–Crippen LogP) is 2.72. The van der Waals surface area contributed by atoms with Crippen LogP contribution in [0.1, 0.15) is 25.3 Å². The molecular formula is C13H14FNO2. The number of fused-ring (bicyclic) bond motifs is 1. The molecular weight excluding hydrogens is 221 g/mol. The van der Waals surface area contributed by atoms with Crippen LogP contribution in [-0.4, -0.2) is 10.1 Å². The number of aromatic amines is 1. The van der Waals surface area contributed by atoms with Crippen LogP contribution in [0.5, 0.6) is 5.75 Å². The molecule has 0 fully saturated rings. The summed E-state index contributed by atoms with van der Waals surface area (Å²) in [4.78, 5) is 14.3. The minimum atomic E-state index is -0.436. The van der Waals surface area contributed by atoms with Crippen LogP contribution in [0.3, 0.4) is 0 Å². The number of halogens is 1. The molecule has 0 aliphatic carbocycles. The van der Waals surface area contributed by atoms with E-state index in [9.17, 15) is 14.3 Å². The second kappa shape index (κ2) is 4.57. The van der Waals surface area contributed by atoms with Crippen molar-refractivity contribution in [2.75, 3.05) is 0 Å². The second-order valence-corrected chi connectivity index (χ2v) is 4.07. The average molecular weight is 235 g/mol. The van der Waals surface area contributed by atoms with Gasteiger partial charge < -0.3 is 10.1 Å². The van der Waals surface area contributed by atoms with Gasteiger partial charge in [0.2, 0.25) is 0 Å². The molecule has 0 saturated heterocycles. The summed E-state index contributed by atoms with van der Waals surface area (Å²) in [5, 5.41) is 10.5. The minimum absolute atomic E-state index is 0.0304. The minimum Gasteiger partial charge on any atom is -0.507 e. The Balaban J connectivity index is 2.63. The lowest BCUT2D eigenvalue weighted by Crippen LogP contribution is -2.13. The molecule has 0 aliphatic heterocycles. The van der Waals surface area contributed by atoms with E-state index in [1.54, 1.807) is 0 Å². The third kappa shape index (κ3) is 2.16. The van der Waals surface area contributed by atoms with Crippen molar-refractivity contribution in [1.29, 1.82) is 0 Å². The van der Waals surface area contributed by atoms with E-state index in [4.69, 9.17) is 0 Å². The van der Waals surface area contributed by atoms with Crippen LogP contribution in [0.2, 0.25) is 0 Å². The van der Waals surface area contributed by atoms with Crippen LogP contribution < -0.4 is 5.56 Å². The summed E-state index contributed by atoms with van der Waals surface area (Å²) in [5.41, 5.74) is 0.368. The van der Waals surface area contributed by atoms with E-state index in [0.29, 0.717) is 22.9 Å². The van der Waals surface area contributed by atoms with Crippen molar-refractivity contribution in [3.63, 3.8) is 0 Å². The van der Waals surface area contributed by atoms with Crippen molar-refractivity contribution in [3.8, 4) is 5.75 Å². The van der Waals surface area contributed by atoms with Crippen LogP contribution in [0.25, 0.3) is 10.9 Å². The number of rotatable bonds is 3. The molecule has 0 spiro atoms. The van der Waals surface area contributed by atoms with E-state index in [0.717, 1.165) is 12.8 Å². The molecule has 1 heterocycles. The molecule has 0 amide bonds. The van der Waals surface area contributed by atoms with Crippen LogP contribution in [-0.2, 0) is 6.42 Å². The van der Waals surface area contributed by atoms with E-state index in [2.05, 4.69) is 4.98 Å². The zero-order valence-electron chi connectivity index (χ0n) is 9.59. The van der Waals surface area contributed by atoms with Crippen LogP contribution in [0.15, 0.2) is 23.0 Å². The monoisotopic (exact) mass is 235 g/mol. The third-order valence-corrected chi connectivity index (χ3v) is 2.83. The molecule has 0 unspecified atom stereocenters. The van der Waals surface area contributed by atoms with Crippen LogP contribution in [0.4, 0.5) is 4.39 Å². The lowest BCUT2D eigenvalue weighted by Gasteiger charge is -2.06. The lowest BCUT2D eigenvalue weighted by molar-refractivity contribution is 0.471. The number of hydrogen-bond acceptors (Lipinski definition) is 2. The molecule has 1 aromatic heterocycles. The van der Waals surface area contributed by atoms with Crippen molar-refractivity contribution >= 4 is 10.9 Å². The van der Waals surface area contributed by atoms with Gasteiger partial charge in [0.25, 0.3) is 5.56 Å². The number of aromatic hydroxyl groups is 1. The Kier molecular flexibility index (Phi) is 3.13. The molecule has 0 saturated carbocycles. The van der Waals surface area contributed by atoms with Gasteiger partial charge in [-0.3, -0.25) is 4.79 Å². The number of H-pyrrole nitrogens is 1. The normalized spacial score (nSPS) is 10.9. The lowest BCUT2D eigenvalue weighted by atomic mass is 10.1. The Hall–Kier alpha value is -1.84. The number of benzene rings is 1. The number of aromatic nitrogens is 1. The van der Waals surface area contributed by atoms with Gasteiger partial charge in [-0.1, -0.05) is 13.3 Å². The van der Waals surface area contributed by atoms with Crippen molar-refractivity contribution in [2.24, 2.45) is 0 Å². The Bertz CT molecular complexity index is 604. The summed E-state index contributed by atoms with van der Waals surface area (Å²) in [6.07, 6.45) is 2.31. The molecule has 1 aromatic carbocycles. The molecule has 2 N–H and O–H groups in total. The first kappa shape index (κ1) is 11.6. The fourth-order valence-electron chi connectivity index (χ4n) is 1.88. The highest BCUT2D eigenvalue weighted by molar-refractivity contribution is 5.85. The van der Waals surface area contributed by atoms with Crippen molar-refractivity contribution in [1.82, 2.24) is 4.98 Å². The zero-order chi connectivity index (χ0) is 12.4. The highest BCUT2D eigenvalue weighted by Crippen LogP contribution is 2.26. The van der Waals surface area contributed by atoms with Gasteiger partial charge >= 0.3 is 0 Å². The second-order valence-electron chi connectivity index (χ2n) is 4.07. The highest BCUT2D eigenvalue weighted by Gasteiger charge is 2.11. The van der Waals surface area contributed by atoms with E-state index in [1.807, 2.05) is 6.92 Å². The maximum Gasteiger partial charge on any atom is 0.255 e. The molecule has 2 aromatic rings. The quantitative estimate of drug-likeness (QED) is 0.859. The molecule has 2 rings (SSSR count). The summed E-state index contributed by atoms with van der Waals surface area (Å²) in [6, 6.07) is 3.95. The Labute approximate surface area is 97.9 Å². The number of pyridine rings is 1. The smallest absolute Gasteiger partial charge is 0.255 e. The van der Waals surface area contributed by atoms with Gasteiger partial charge in [0.15, 0.2) is 0 Å². The molecule has 17 heavy (non-hydrogen) atoms. The fourth-order valence-corrected chi connectivity index (χ4v) is 1.88. The highest BCUT2D eigenvalue weighted by atomic mass is 19.1. The molecule has 3 nitrogen and oxygen atoms in total. The molecule has 0 bridgehead atoms. The Morgan fingerprint density at radius 2 is 2.18 bits per heavy atom. The van der Waals surface area contributed by atoms with Gasteiger partial charge in [-0.15, -0.1) is 0 Å². The largest absolute Gasteiger partial charge is 0.507 e. The Morgan fingerprint density at radius 3 is 2.88 bits per heavy atom. The van der Waals surface area contributed by atoms with Crippen molar-refractivity contribution in [3.05, 3.63) is 39.9 Å². The SMILES string of the molecule is CCCCc1c(O)c2ccc(F)cc2[nH]c1=O. The third-order valence-electron chi connectivity index (χ3n) is 2.83. The van der Waals surface area contributed by atoms with Gasteiger partial charge in [0.1, 0.15) is 11.6 Å². The Morgan fingerprint density at radius 1 is 1.41 bits per heavy atom. The van der Waals surface area contributed by atoms with E-state index >= 15 is 0 Å². The van der Waals surface area contributed by atoms with E-state index in [1.165, 1.54) is 18.2 Å². The first-order valence-electron chi connectivity index (χ1n) is 5.67. The van der Waals surface area contributed by atoms with Gasteiger partial charge in [-0.25, -0.2) is 4.39 Å². The molecule has 4 heteroatoms. The van der Waals surface area contributed by atoms with Crippen LogP contribution >= 0.6 is 0 Å². The zero-order valence-corrected chi connectivity index (χ0v) is 9.59. The molecule has 0 aliphatic rings. The number of unbranched alkanes of at least 4 members (excludes halogenated alkanes) is 1. The summed E-state index contributed by atoms with van der Waals surface area (Å²) >= 11 is 0. The summed E-state index contributed by atoms with van der Waals surface area (Å²) in [7, 11) is 0. The maximum atomic E-state index is 13.0. The first-order valence-corrected chi connectivity index (χ1v) is 5.67. The van der Waals surface area contributed by atoms with E-state index < -0.39 is 5.82 Å². The molecule has 0 atom stereocenters. The van der Waals surface area contributed by atoms with Crippen molar-refractivity contribution < 1.29 is 9.50 Å². The molecule has 0 radical (unpaired) electrons. The number of hydrogen-bond donors (Lipinski definition) is 2. The average Bonchev–Trinajstić information content (AvgIpc) is 2.28.